The number of amides is 2. The molecule has 3 aliphatic rings. The lowest BCUT2D eigenvalue weighted by Crippen LogP contribution is -2.51. The van der Waals surface area contributed by atoms with Gasteiger partial charge in [-0.3, -0.25) is 14.5 Å². The van der Waals surface area contributed by atoms with Gasteiger partial charge in [0.05, 0.1) is 12.6 Å². The summed E-state index contributed by atoms with van der Waals surface area (Å²) >= 11 is 1.92. The van der Waals surface area contributed by atoms with Crippen molar-refractivity contribution in [1.29, 1.82) is 0 Å². The average Bonchev–Trinajstić information content (AvgIpc) is 2.86. The molecule has 0 spiro atoms. The Kier molecular flexibility index (Phi) is 6.22. The maximum atomic E-state index is 12.8. The molecule has 0 N–H and O–H groups in total. The van der Waals surface area contributed by atoms with Gasteiger partial charge in [0.25, 0.3) is 0 Å². The van der Waals surface area contributed by atoms with Crippen LogP contribution in [0.15, 0.2) is 0 Å². The first-order valence-corrected chi connectivity index (χ1v) is 10.3. The Morgan fingerprint density at radius 1 is 0.826 bits per heavy atom. The molecule has 0 aromatic carbocycles. The van der Waals surface area contributed by atoms with Gasteiger partial charge in [-0.05, 0) is 32.2 Å². The van der Waals surface area contributed by atoms with Gasteiger partial charge < -0.3 is 9.80 Å². The van der Waals surface area contributed by atoms with E-state index >= 15 is 0 Å². The highest BCUT2D eigenvalue weighted by atomic mass is 32.2. The van der Waals surface area contributed by atoms with Crippen LogP contribution in [-0.4, -0.2) is 83.3 Å². The largest absolute Gasteiger partial charge is 0.342 e. The van der Waals surface area contributed by atoms with E-state index in [9.17, 15) is 9.59 Å². The molecule has 3 rings (SSSR count). The zero-order valence-electron chi connectivity index (χ0n) is 14.0. The third kappa shape index (κ3) is 4.41. The van der Waals surface area contributed by atoms with E-state index in [-0.39, 0.29) is 17.9 Å². The fourth-order valence-electron chi connectivity index (χ4n) is 3.88. The second kappa shape index (κ2) is 8.38. The van der Waals surface area contributed by atoms with Crippen LogP contribution in [0.5, 0.6) is 0 Å². The number of carbonyl (C=O) groups is 2. The fraction of sp³-hybridized carbons (Fsp3) is 0.882. The molecule has 3 saturated heterocycles. The van der Waals surface area contributed by atoms with Crippen LogP contribution >= 0.6 is 11.8 Å². The van der Waals surface area contributed by atoms with Gasteiger partial charge in [-0.25, -0.2) is 0 Å². The van der Waals surface area contributed by atoms with E-state index in [1.54, 1.807) is 0 Å². The summed E-state index contributed by atoms with van der Waals surface area (Å²) < 4.78 is 0. The maximum Gasteiger partial charge on any atom is 0.239 e. The molecule has 1 atom stereocenters. The highest BCUT2D eigenvalue weighted by molar-refractivity contribution is 7.99. The first-order chi connectivity index (χ1) is 11.3. The molecule has 0 aromatic rings. The minimum atomic E-state index is -0.0611. The predicted octanol–water partition coefficient (Wildman–Crippen LogP) is 1.43. The molecule has 5 nitrogen and oxygen atoms in total. The van der Waals surface area contributed by atoms with Crippen molar-refractivity contribution in [2.75, 3.05) is 50.8 Å². The van der Waals surface area contributed by atoms with Crippen molar-refractivity contribution in [2.24, 2.45) is 0 Å². The van der Waals surface area contributed by atoms with Crippen molar-refractivity contribution in [2.45, 2.75) is 44.6 Å². The van der Waals surface area contributed by atoms with Gasteiger partial charge in [0.15, 0.2) is 0 Å². The highest BCUT2D eigenvalue weighted by Crippen LogP contribution is 2.21. The third-order valence-electron chi connectivity index (χ3n) is 5.27. The lowest BCUT2D eigenvalue weighted by Gasteiger charge is -2.33. The highest BCUT2D eigenvalue weighted by Gasteiger charge is 2.35. The van der Waals surface area contributed by atoms with Gasteiger partial charge in [0, 0.05) is 37.7 Å². The van der Waals surface area contributed by atoms with Crippen LogP contribution in [0, 0.1) is 0 Å². The van der Waals surface area contributed by atoms with Gasteiger partial charge in [-0.1, -0.05) is 12.8 Å². The van der Waals surface area contributed by atoms with Crippen LogP contribution in [0.4, 0.5) is 0 Å². The van der Waals surface area contributed by atoms with E-state index in [0.717, 1.165) is 69.9 Å². The van der Waals surface area contributed by atoms with E-state index in [1.165, 1.54) is 12.8 Å². The Morgan fingerprint density at radius 2 is 1.52 bits per heavy atom. The summed E-state index contributed by atoms with van der Waals surface area (Å²) in [7, 11) is 0. The van der Waals surface area contributed by atoms with E-state index < -0.39 is 0 Å². The Bertz CT molecular complexity index is 418. The third-order valence-corrected chi connectivity index (χ3v) is 6.21. The summed E-state index contributed by atoms with van der Waals surface area (Å²) in [5.41, 5.74) is 0. The van der Waals surface area contributed by atoms with Crippen molar-refractivity contribution >= 4 is 23.6 Å². The van der Waals surface area contributed by atoms with Crippen molar-refractivity contribution < 1.29 is 9.59 Å². The van der Waals surface area contributed by atoms with E-state index in [0.29, 0.717) is 6.54 Å². The molecule has 2 amide bonds. The number of carbonyl (C=O) groups excluding carboxylic acids is 2. The second-order valence-electron chi connectivity index (χ2n) is 6.86. The monoisotopic (exact) mass is 339 g/mol. The molecule has 0 aliphatic carbocycles. The lowest BCUT2D eigenvalue weighted by molar-refractivity contribution is -0.138. The molecule has 3 fully saturated rings. The number of thioether (sulfide) groups is 1. The summed E-state index contributed by atoms with van der Waals surface area (Å²) in [6.45, 7) is 4.85. The fourth-order valence-corrected chi connectivity index (χ4v) is 4.79. The zero-order chi connectivity index (χ0) is 16.1. The van der Waals surface area contributed by atoms with Gasteiger partial charge >= 0.3 is 0 Å². The molecule has 6 heteroatoms. The minimum Gasteiger partial charge on any atom is -0.342 e. The first-order valence-electron chi connectivity index (χ1n) is 9.14. The number of rotatable bonds is 3. The molecule has 130 valence electrons. The van der Waals surface area contributed by atoms with Gasteiger partial charge in [-0.2, -0.15) is 11.8 Å². The van der Waals surface area contributed by atoms with Gasteiger partial charge in [-0.15, -0.1) is 0 Å². The van der Waals surface area contributed by atoms with Crippen LogP contribution in [-0.2, 0) is 9.59 Å². The van der Waals surface area contributed by atoms with E-state index in [2.05, 4.69) is 4.90 Å². The molecule has 0 bridgehead atoms. The smallest absolute Gasteiger partial charge is 0.239 e. The van der Waals surface area contributed by atoms with Crippen LogP contribution in [0.25, 0.3) is 0 Å². The van der Waals surface area contributed by atoms with Crippen LogP contribution in [0.1, 0.15) is 38.5 Å². The topological polar surface area (TPSA) is 43.9 Å². The summed E-state index contributed by atoms with van der Waals surface area (Å²) in [5.74, 6) is 2.57. The predicted molar refractivity (Wildman–Crippen MR) is 93.5 cm³/mol. The molecular weight excluding hydrogens is 310 g/mol. The Morgan fingerprint density at radius 3 is 2.22 bits per heavy atom. The summed E-state index contributed by atoms with van der Waals surface area (Å²) in [6.07, 6.45) is 6.67. The molecule has 0 unspecified atom stereocenters. The lowest BCUT2D eigenvalue weighted by atomic mass is 10.2. The zero-order valence-corrected chi connectivity index (χ0v) is 14.9. The normalized spacial score (nSPS) is 27.0. The van der Waals surface area contributed by atoms with E-state index in [4.69, 9.17) is 0 Å². The Balaban J connectivity index is 1.55. The van der Waals surface area contributed by atoms with Crippen molar-refractivity contribution in [1.82, 2.24) is 14.7 Å². The number of hydrogen-bond donors (Lipinski definition) is 0. The molecule has 23 heavy (non-hydrogen) atoms. The Labute approximate surface area is 143 Å². The Hall–Kier alpha value is -0.750. The van der Waals surface area contributed by atoms with E-state index in [1.807, 2.05) is 21.6 Å². The van der Waals surface area contributed by atoms with Gasteiger partial charge in [0.1, 0.15) is 0 Å². The molecular formula is C17H29N3O2S. The standard InChI is InChI=1S/C17H29N3O2S/c21-16(18-7-3-1-2-4-8-18)14-20-9-5-6-15(20)17(22)19-10-12-23-13-11-19/h15H,1-14H2/t15-/m0/s1. The van der Waals surface area contributed by atoms with Crippen LogP contribution in [0.3, 0.4) is 0 Å². The number of likely N-dealkylation sites (tertiary alicyclic amines) is 2. The SMILES string of the molecule is O=C(CN1CCC[C@H]1C(=O)N1CCSCC1)N1CCCCCC1. The molecule has 0 saturated carbocycles. The van der Waals surface area contributed by atoms with Crippen LogP contribution in [0.2, 0.25) is 0 Å². The maximum absolute atomic E-state index is 12.8. The quantitative estimate of drug-likeness (QED) is 0.780. The number of hydrogen-bond acceptors (Lipinski definition) is 4. The van der Waals surface area contributed by atoms with Crippen molar-refractivity contribution in [3.8, 4) is 0 Å². The summed E-state index contributed by atoms with van der Waals surface area (Å²) in [6, 6.07) is -0.0611. The van der Waals surface area contributed by atoms with Crippen molar-refractivity contribution in [3.05, 3.63) is 0 Å². The van der Waals surface area contributed by atoms with Crippen LogP contribution < -0.4 is 0 Å². The second-order valence-corrected chi connectivity index (χ2v) is 8.09. The summed E-state index contributed by atoms with van der Waals surface area (Å²) in [5, 5.41) is 0. The number of nitrogens with zero attached hydrogens (tertiary/aromatic N) is 3. The molecule has 0 radical (unpaired) electrons. The van der Waals surface area contributed by atoms with Crippen molar-refractivity contribution in [3.63, 3.8) is 0 Å². The average molecular weight is 340 g/mol. The molecule has 0 aromatic heterocycles. The summed E-state index contributed by atoms with van der Waals surface area (Å²) in [4.78, 5) is 31.5. The molecule has 3 aliphatic heterocycles. The molecule has 3 heterocycles. The first kappa shape index (κ1) is 17.1. The van der Waals surface area contributed by atoms with Gasteiger partial charge in [0.2, 0.25) is 11.8 Å². The minimum absolute atomic E-state index is 0.0611.